The van der Waals surface area contributed by atoms with E-state index < -0.39 is 0 Å². The highest BCUT2D eigenvalue weighted by Crippen LogP contribution is 2.31. The zero-order valence-electron chi connectivity index (χ0n) is 13.7. The number of aliphatic imine (C=N–C) groups is 1. The first-order valence-electron chi connectivity index (χ1n) is 8.56. The first-order chi connectivity index (χ1) is 10.7. The van der Waals surface area contributed by atoms with Gasteiger partial charge in [-0.25, -0.2) is 4.99 Å². The van der Waals surface area contributed by atoms with Crippen LogP contribution in [-0.2, 0) is 19.4 Å². The number of phenols is 1. The molecule has 2 unspecified atom stereocenters. The second kappa shape index (κ2) is 6.59. The molecule has 1 saturated carbocycles. The Kier molecular flexibility index (Phi) is 4.55. The second-order valence-corrected chi connectivity index (χ2v) is 6.57. The molecule has 1 aromatic rings. The third kappa shape index (κ3) is 3.37. The summed E-state index contributed by atoms with van der Waals surface area (Å²) in [7, 11) is 0. The molecule has 4 nitrogen and oxygen atoms in total. The lowest BCUT2D eigenvalue weighted by Gasteiger charge is -2.20. The van der Waals surface area contributed by atoms with Crippen molar-refractivity contribution in [3.63, 3.8) is 0 Å². The number of benzene rings is 1. The van der Waals surface area contributed by atoms with E-state index in [-0.39, 0.29) is 0 Å². The van der Waals surface area contributed by atoms with Crippen molar-refractivity contribution < 1.29 is 5.11 Å². The fraction of sp³-hybridized carbons (Fsp3) is 0.611. The molecule has 2 atom stereocenters. The van der Waals surface area contributed by atoms with E-state index in [4.69, 9.17) is 4.99 Å². The van der Waals surface area contributed by atoms with Crippen LogP contribution in [0.4, 0.5) is 0 Å². The van der Waals surface area contributed by atoms with Crippen molar-refractivity contribution in [1.29, 1.82) is 0 Å². The smallest absolute Gasteiger partial charge is 0.191 e. The summed E-state index contributed by atoms with van der Waals surface area (Å²) in [6.45, 7) is 5.73. The highest BCUT2D eigenvalue weighted by molar-refractivity contribution is 5.80. The minimum atomic E-state index is 0.389. The van der Waals surface area contributed by atoms with E-state index in [1.165, 1.54) is 30.4 Å². The summed E-state index contributed by atoms with van der Waals surface area (Å²) < 4.78 is 0. The number of fused-ring (bicyclic) bond motifs is 1. The van der Waals surface area contributed by atoms with Crippen molar-refractivity contribution in [2.24, 2.45) is 10.9 Å². The summed E-state index contributed by atoms with van der Waals surface area (Å²) in [5, 5.41) is 17.0. The Morgan fingerprint density at radius 1 is 1.32 bits per heavy atom. The zero-order chi connectivity index (χ0) is 15.5. The zero-order valence-corrected chi connectivity index (χ0v) is 13.7. The summed E-state index contributed by atoms with van der Waals surface area (Å²) in [5.74, 6) is 1.99. The Morgan fingerprint density at radius 3 is 2.82 bits per heavy atom. The van der Waals surface area contributed by atoms with Gasteiger partial charge in [0.1, 0.15) is 5.75 Å². The highest BCUT2D eigenvalue weighted by atomic mass is 16.3. The Hall–Kier alpha value is -1.71. The molecule has 3 N–H and O–H groups in total. The molecule has 120 valence electrons. The van der Waals surface area contributed by atoms with E-state index in [9.17, 15) is 5.11 Å². The van der Waals surface area contributed by atoms with Gasteiger partial charge in [0.05, 0.1) is 6.54 Å². The molecule has 0 heterocycles. The normalized spacial score (nSPS) is 23.8. The lowest BCUT2D eigenvalue weighted by atomic mass is 9.88. The van der Waals surface area contributed by atoms with Gasteiger partial charge in [0.15, 0.2) is 5.96 Å². The first kappa shape index (κ1) is 15.2. The van der Waals surface area contributed by atoms with Gasteiger partial charge in [-0.15, -0.1) is 0 Å². The monoisotopic (exact) mass is 301 g/mol. The number of hydrogen-bond acceptors (Lipinski definition) is 2. The van der Waals surface area contributed by atoms with Gasteiger partial charge < -0.3 is 15.7 Å². The largest absolute Gasteiger partial charge is 0.508 e. The van der Waals surface area contributed by atoms with Crippen molar-refractivity contribution >= 4 is 5.96 Å². The Labute approximate surface area is 133 Å². The molecule has 4 heteroatoms. The average molecular weight is 301 g/mol. The van der Waals surface area contributed by atoms with Gasteiger partial charge in [0, 0.05) is 18.2 Å². The van der Waals surface area contributed by atoms with Gasteiger partial charge in [0.25, 0.3) is 0 Å². The number of guanidine groups is 1. The molecular weight excluding hydrogens is 274 g/mol. The van der Waals surface area contributed by atoms with Crippen molar-refractivity contribution in [2.75, 3.05) is 6.54 Å². The Balaban J connectivity index is 1.77. The fourth-order valence-corrected chi connectivity index (χ4v) is 3.25. The van der Waals surface area contributed by atoms with Crippen molar-refractivity contribution in [1.82, 2.24) is 10.6 Å². The number of aryl methyl sites for hydroxylation is 1. The third-order valence-electron chi connectivity index (χ3n) is 4.80. The van der Waals surface area contributed by atoms with E-state index >= 15 is 0 Å². The van der Waals surface area contributed by atoms with E-state index in [2.05, 4.69) is 30.5 Å². The summed E-state index contributed by atoms with van der Waals surface area (Å²) in [6.07, 6.45) is 5.88. The molecule has 1 aromatic carbocycles. The topological polar surface area (TPSA) is 56.7 Å². The number of nitrogens with zero attached hydrogens (tertiary/aromatic N) is 1. The van der Waals surface area contributed by atoms with E-state index in [0.717, 1.165) is 36.8 Å². The summed E-state index contributed by atoms with van der Waals surface area (Å²) in [4.78, 5) is 4.70. The predicted octanol–water partition coefficient (Wildman–Crippen LogP) is 2.73. The van der Waals surface area contributed by atoms with Crippen LogP contribution >= 0.6 is 0 Å². The SMILES string of the molecule is CCNC(=NCc1c(O)ccc2c1CCCC2)NC1CC1C. The predicted molar refractivity (Wildman–Crippen MR) is 90.3 cm³/mol. The Bertz CT molecular complexity index is 568. The average Bonchev–Trinajstić information content (AvgIpc) is 3.21. The van der Waals surface area contributed by atoms with Crippen LogP contribution in [0.2, 0.25) is 0 Å². The van der Waals surface area contributed by atoms with Crippen molar-refractivity contribution in [3.05, 3.63) is 28.8 Å². The highest BCUT2D eigenvalue weighted by Gasteiger charge is 2.33. The molecule has 0 radical (unpaired) electrons. The van der Waals surface area contributed by atoms with Gasteiger partial charge in [-0.1, -0.05) is 13.0 Å². The van der Waals surface area contributed by atoms with Crippen LogP contribution in [0, 0.1) is 5.92 Å². The van der Waals surface area contributed by atoms with E-state index in [0.29, 0.717) is 18.3 Å². The maximum absolute atomic E-state index is 10.2. The molecule has 2 aliphatic rings. The second-order valence-electron chi connectivity index (χ2n) is 6.57. The quantitative estimate of drug-likeness (QED) is 0.592. The lowest BCUT2D eigenvalue weighted by Crippen LogP contribution is -2.39. The van der Waals surface area contributed by atoms with Crippen LogP contribution in [-0.4, -0.2) is 23.7 Å². The van der Waals surface area contributed by atoms with Gasteiger partial charge in [-0.2, -0.15) is 0 Å². The van der Waals surface area contributed by atoms with Crippen LogP contribution in [0.5, 0.6) is 5.75 Å². The standard InChI is InChI=1S/C18H27N3O/c1-3-19-18(21-16-10-12(16)2)20-11-15-14-7-5-4-6-13(14)8-9-17(15)22/h8-9,12,16,22H,3-7,10-11H2,1-2H3,(H2,19,20,21). The van der Waals surface area contributed by atoms with Crippen LogP contribution in [0.3, 0.4) is 0 Å². The fourth-order valence-electron chi connectivity index (χ4n) is 3.25. The molecule has 22 heavy (non-hydrogen) atoms. The molecule has 3 rings (SSSR count). The van der Waals surface area contributed by atoms with Crippen LogP contribution in [0.25, 0.3) is 0 Å². The molecule has 0 amide bonds. The van der Waals surface area contributed by atoms with Gasteiger partial charge in [-0.3, -0.25) is 0 Å². The van der Waals surface area contributed by atoms with Crippen LogP contribution in [0.1, 0.15) is 49.8 Å². The number of hydrogen-bond donors (Lipinski definition) is 3. The molecule has 1 fully saturated rings. The Morgan fingerprint density at radius 2 is 2.09 bits per heavy atom. The maximum atomic E-state index is 10.2. The number of phenolic OH excluding ortho intramolecular Hbond substituents is 1. The van der Waals surface area contributed by atoms with Crippen molar-refractivity contribution in [3.8, 4) is 5.75 Å². The van der Waals surface area contributed by atoms with Crippen LogP contribution in [0.15, 0.2) is 17.1 Å². The summed E-state index contributed by atoms with van der Waals surface area (Å²) >= 11 is 0. The lowest BCUT2D eigenvalue weighted by molar-refractivity contribution is 0.465. The first-order valence-corrected chi connectivity index (χ1v) is 8.56. The van der Waals surface area contributed by atoms with Gasteiger partial charge in [-0.05, 0) is 62.1 Å². The molecule has 0 aliphatic heterocycles. The number of aromatic hydroxyl groups is 1. The minimum absolute atomic E-state index is 0.389. The molecule has 0 spiro atoms. The minimum Gasteiger partial charge on any atom is -0.508 e. The molecule has 0 bridgehead atoms. The number of nitrogens with one attached hydrogen (secondary N) is 2. The van der Waals surface area contributed by atoms with E-state index in [1.807, 2.05) is 6.07 Å². The molecule has 0 aromatic heterocycles. The van der Waals surface area contributed by atoms with E-state index in [1.54, 1.807) is 0 Å². The van der Waals surface area contributed by atoms with Gasteiger partial charge >= 0.3 is 0 Å². The van der Waals surface area contributed by atoms with Crippen LogP contribution < -0.4 is 10.6 Å². The van der Waals surface area contributed by atoms with Gasteiger partial charge in [0.2, 0.25) is 0 Å². The molecule has 0 saturated heterocycles. The molecule has 2 aliphatic carbocycles. The third-order valence-corrected chi connectivity index (χ3v) is 4.80. The number of rotatable bonds is 4. The summed E-state index contributed by atoms with van der Waals surface area (Å²) in [6, 6.07) is 4.46. The maximum Gasteiger partial charge on any atom is 0.191 e. The van der Waals surface area contributed by atoms with Crippen molar-refractivity contribution in [2.45, 2.75) is 58.5 Å². The molecular formula is C18H27N3O. The summed E-state index contributed by atoms with van der Waals surface area (Å²) in [5.41, 5.74) is 3.73.